The first-order valence-electron chi connectivity index (χ1n) is 9.77. The number of rotatable bonds is 3. The first-order valence-corrected chi connectivity index (χ1v) is 11.3. The van der Waals surface area contributed by atoms with E-state index in [9.17, 15) is 13.2 Å². The molecule has 0 bridgehead atoms. The number of amides is 1. The number of aryl methyl sites for hydroxylation is 1. The first kappa shape index (κ1) is 20.9. The zero-order valence-corrected chi connectivity index (χ0v) is 17.7. The maximum atomic E-state index is 11.8. The molecule has 162 valence electrons. The zero-order chi connectivity index (χ0) is 22.0. The van der Waals surface area contributed by atoms with Crippen LogP contribution in [0.3, 0.4) is 0 Å². The predicted molar refractivity (Wildman–Crippen MR) is 115 cm³/mol. The summed E-state index contributed by atoms with van der Waals surface area (Å²) in [5.41, 5.74) is 5.41. The molecule has 0 spiro atoms. The Morgan fingerprint density at radius 1 is 1.16 bits per heavy atom. The van der Waals surface area contributed by atoms with Crippen molar-refractivity contribution < 1.29 is 13.2 Å². The van der Waals surface area contributed by atoms with E-state index in [-0.39, 0.29) is 10.9 Å². The Labute approximate surface area is 178 Å². The maximum absolute atomic E-state index is 11.8. The average molecular weight is 443 g/mol. The van der Waals surface area contributed by atoms with Crippen molar-refractivity contribution in [2.45, 2.75) is 44.2 Å². The van der Waals surface area contributed by atoms with Gasteiger partial charge in [0.15, 0.2) is 5.03 Å². The third-order valence-corrected chi connectivity index (χ3v) is 5.75. The van der Waals surface area contributed by atoms with E-state index in [1.54, 1.807) is 12.3 Å². The standard InChI is InChI=1S/C19H22N8O3S/c1-12-15-9-13-10-22-19(23-14-6-7-17(21-11-14)31(20,29)30)24-18(13)27(15)8-4-2-3-5-16(28)26-25-12/h6-7,9-11H,2-5,8H2,1H3,(H,26,28)(H2,20,29,30)(H,22,23,24)/b25-12-. The third kappa shape index (κ3) is 4.70. The molecular formula is C19H22N8O3S. The van der Waals surface area contributed by atoms with Gasteiger partial charge in [0, 0.05) is 24.5 Å². The summed E-state index contributed by atoms with van der Waals surface area (Å²) in [6.07, 6.45) is 6.15. The van der Waals surface area contributed by atoms with E-state index in [0.717, 1.165) is 42.5 Å². The summed E-state index contributed by atoms with van der Waals surface area (Å²) in [6.45, 7) is 2.58. The van der Waals surface area contributed by atoms with Gasteiger partial charge in [-0.3, -0.25) is 4.79 Å². The number of primary sulfonamides is 1. The third-order valence-electron chi connectivity index (χ3n) is 4.92. The molecule has 0 saturated carbocycles. The van der Waals surface area contributed by atoms with Crippen molar-refractivity contribution in [3.05, 3.63) is 36.3 Å². The summed E-state index contributed by atoms with van der Waals surface area (Å²) in [7, 11) is -3.86. The van der Waals surface area contributed by atoms with Gasteiger partial charge in [0.05, 0.1) is 23.3 Å². The van der Waals surface area contributed by atoms with Gasteiger partial charge in [-0.15, -0.1) is 0 Å². The Hall–Kier alpha value is -3.38. The Morgan fingerprint density at radius 2 is 2.00 bits per heavy atom. The van der Waals surface area contributed by atoms with Crippen LogP contribution in [0.1, 0.15) is 38.3 Å². The highest BCUT2D eigenvalue weighted by atomic mass is 32.2. The molecule has 1 aliphatic heterocycles. The molecule has 0 radical (unpaired) electrons. The molecule has 4 heterocycles. The van der Waals surface area contributed by atoms with E-state index in [1.807, 2.05) is 13.0 Å². The highest BCUT2D eigenvalue weighted by Gasteiger charge is 2.16. The molecule has 0 fully saturated rings. The van der Waals surface area contributed by atoms with Crippen LogP contribution in [-0.4, -0.2) is 39.6 Å². The second-order valence-electron chi connectivity index (χ2n) is 7.25. The number of sulfonamides is 1. The maximum Gasteiger partial charge on any atom is 0.255 e. The number of anilines is 2. The molecule has 3 aromatic heterocycles. The van der Waals surface area contributed by atoms with Gasteiger partial charge in [-0.05, 0) is 38.0 Å². The molecule has 31 heavy (non-hydrogen) atoms. The number of fused-ring (bicyclic) bond motifs is 3. The minimum absolute atomic E-state index is 0.0859. The van der Waals surface area contributed by atoms with Crippen LogP contribution in [0.5, 0.6) is 0 Å². The van der Waals surface area contributed by atoms with Crippen LogP contribution in [0.4, 0.5) is 11.6 Å². The van der Waals surface area contributed by atoms with Crippen LogP contribution < -0.4 is 15.9 Å². The number of hydrogen-bond acceptors (Lipinski definition) is 8. The summed E-state index contributed by atoms with van der Waals surface area (Å²) in [5.74, 6) is 0.257. The van der Waals surface area contributed by atoms with E-state index >= 15 is 0 Å². The number of nitrogens with one attached hydrogen (secondary N) is 2. The lowest BCUT2D eigenvalue weighted by molar-refractivity contribution is -0.121. The molecule has 12 heteroatoms. The largest absolute Gasteiger partial charge is 0.324 e. The van der Waals surface area contributed by atoms with Gasteiger partial charge >= 0.3 is 0 Å². The number of pyridine rings is 1. The van der Waals surface area contributed by atoms with Crippen molar-refractivity contribution in [3.8, 4) is 0 Å². The predicted octanol–water partition coefficient (Wildman–Crippen LogP) is 1.63. The van der Waals surface area contributed by atoms with E-state index in [4.69, 9.17) is 5.14 Å². The first-order chi connectivity index (χ1) is 14.8. The van der Waals surface area contributed by atoms with Crippen LogP contribution >= 0.6 is 0 Å². The van der Waals surface area contributed by atoms with E-state index in [1.165, 1.54) is 12.3 Å². The Balaban J connectivity index is 1.67. The Bertz CT molecular complexity index is 1270. The lowest BCUT2D eigenvalue weighted by Crippen LogP contribution is -2.19. The number of aromatic nitrogens is 4. The normalized spacial score (nSPS) is 17.2. The van der Waals surface area contributed by atoms with Gasteiger partial charge in [0.25, 0.3) is 10.0 Å². The fourth-order valence-corrected chi connectivity index (χ4v) is 3.83. The van der Waals surface area contributed by atoms with E-state index in [2.05, 4.69) is 35.4 Å². The van der Waals surface area contributed by atoms with Crippen molar-refractivity contribution in [1.29, 1.82) is 0 Å². The minimum atomic E-state index is -3.86. The van der Waals surface area contributed by atoms with Crippen LogP contribution in [0.15, 0.2) is 40.7 Å². The van der Waals surface area contributed by atoms with Gasteiger partial charge in [0.2, 0.25) is 11.9 Å². The molecule has 3 aromatic rings. The molecule has 1 amide bonds. The molecule has 11 nitrogen and oxygen atoms in total. The van der Waals surface area contributed by atoms with E-state index < -0.39 is 10.0 Å². The molecule has 1 aliphatic rings. The Morgan fingerprint density at radius 3 is 2.74 bits per heavy atom. The van der Waals surface area contributed by atoms with Gasteiger partial charge in [-0.1, -0.05) is 6.42 Å². The SMILES string of the molecule is C/C1=N/NC(=O)CCCCCn2c1cc1cnc(Nc3ccc(S(N)(=O)=O)nc3)nc12. The monoisotopic (exact) mass is 442 g/mol. The summed E-state index contributed by atoms with van der Waals surface area (Å²) in [5, 5.41) is 13.0. The van der Waals surface area contributed by atoms with Crippen molar-refractivity contribution in [2.24, 2.45) is 10.2 Å². The number of carbonyl (C=O) groups excluding carboxylic acids is 1. The van der Waals surface area contributed by atoms with E-state index in [0.29, 0.717) is 23.8 Å². The highest BCUT2D eigenvalue weighted by Crippen LogP contribution is 2.22. The van der Waals surface area contributed by atoms with Crippen LogP contribution in [0.25, 0.3) is 11.0 Å². The lowest BCUT2D eigenvalue weighted by Gasteiger charge is -2.10. The number of nitrogens with two attached hydrogens (primary N) is 1. The summed E-state index contributed by atoms with van der Waals surface area (Å²) in [4.78, 5) is 24.7. The number of carbonyl (C=O) groups is 1. The van der Waals surface area contributed by atoms with Gasteiger partial charge in [0.1, 0.15) is 5.65 Å². The Kier molecular flexibility index (Phi) is 5.65. The van der Waals surface area contributed by atoms with Gasteiger partial charge < -0.3 is 9.88 Å². The smallest absolute Gasteiger partial charge is 0.255 e. The second-order valence-corrected chi connectivity index (χ2v) is 8.76. The number of hydrogen-bond donors (Lipinski definition) is 3. The molecule has 0 aromatic carbocycles. The molecule has 0 unspecified atom stereocenters. The fourth-order valence-electron chi connectivity index (χ4n) is 3.37. The molecule has 4 rings (SSSR count). The van der Waals surface area contributed by atoms with Crippen LogP contribution in [0, 0.1) is 0 Å². The highest BCUT2D eigenvalue weighted by molar-refractivity contribution is 7.89. The fraction of sp³-hybridized carbons (Fsp3) is 0.316. The zero-order valence-electron chi connectivity index (χ0n) is 16.9. The second kappa shape index (κ2) is 8.40. The van der Waals surface area contributed by atoms with Gasteiger partial charge in [-0.25, -0.2) is 29.0 Å². The molecule has 4 N–H and O–H groups in total. The molecular weight excluding hydrogens is 420 g/mol. The number of hydrazone groups is 1. The summed E-state index contributed by atoms with van der Waals surface area (Å²) < 4.78 is 24.8. The van der Waals surface area contributed by atoms with Crippen molar-refractivity contribution in [3.63, 3.8) is 0 Å². The lowest BCUT2D eigenvalue weighted by atomic mass is 10.2. The number of nitrogens with zero attached hydrogens (tertiary/aromatic N) is 5. The van der Waals surface area contributed by atoms with Crippen molar-refractivity contribution in [2.75, 3.05) is 5.32 Å². The summed E-state index contributed by atoms with van der Waals surface area (Å²) >= 11 is 0. The average Bonchev–Trinajstić information content (AvgIpc) is 3.08. The van der Waals surface area contributed by atoms with Crippen molar-refractivity contribution >= 4 is 44.3 Å². The molecule has 0 aliphatic carbocycles. The molecule has 0 atom stereocenters. The minimum Gasteiger partial charge on any atom is -0.324 e. The topological polar surface area (TPSA) is 157 Å². The van der Waals surface area contributed by atoms with Crippen LogP contribution in [0.2, 0.25) is 0 Å². The molecule has 0 saturated heterocycles. The summed E-state index contributed by atoms with van der Waals surface area (Å²) in [6, 6.07) is 4.80. The van der Waals surface area contributed by atoms with Gasteiger partial charge in [-0.2, -0.15) is 10.1 Å². The van der Waals surface area contributed by atoms with Crippen LogP contribution in [-0.2, 0) is 21.4 Å². The quantitative estimate of drug-likeness (QED) is 0.556. The van der Waals surface area contributed by atoms with Crippen molar-refractivity contribution in [1.82, 2.24) is 24.9 Å².